The monoisotopic (exact) mass is 425 g/mol. The highest BCUT2D eigenvalue weighted by Gasteiger charge is 2.22. The maximum Gasteiger partial charge on any atom is 0.141 e. The summed E-state index contributed by atoms with van der Waals surface area (Å²) in [6.45, 7) is 2.05. The van der Waals surface area contributed by atoms with Crippen LogP contribution in [-0.4, -0.2) is 15.4 Å². The molecular weight excluding hydrogens is 405 g/mol. The first-order valence-corrected chi connectivity index (χ1v) is 11.4. The van der Waals surface area contributed by atoms with Gasteiger partial charge >= 0.3 is 0 Å². The van der Waals surface area contributed by atoms with Crippen molar-refractivity contribution < 1.29 is 8.60 Å². The summed E-state index contributed by atoms with van der Waals surface area (Å²) in [5.41, 5.74) is 6.29. The molecule has 29 heavy (non-hydrogen) atoms. The third-order valence-corrected chi connectivity index (χ3v) is 6.20. The van der Waals surface area contributed by atoms with Gasteiger partial charge in [-0.05, 0) is 41.3 Å². The molecule has 5 heteroatoms. The van der Waals surface area contributed by atoms with E-state index in [2.05, 4.69) is 42.2 Å². The molecule has 4 aromatic rings. The van der Waals surface area contributed by atoms with Crippen LogP contribution in [0.4, 0.5) is 4.39 Å². The first kappa shape index (κ1) is 19.9. The minimum atomic E-state index is -0.933. The topological polar surface area (TPSA) is 32.9 Å². The Morgan fingerprint density at radius 1 is 1.07 bits per heavy atom. The van der Waals surface area contributed by atoms with Gasteiger partial charge in [-0.1, -0.05) is 65.7 Å². The second-order valence-corrected chi connectivity index (χ2v) is 9.16. The van der Waals surface area contributed by atoms with Gasteiger partial charge in [-0.3, -0.25) is 4.21 Å². The van der Waals surface area contributed by atoms with Gasteiger partial charge in [-0.25, -0.2) is 4.39 Å². The summed E-state index contributed by atoms with van der Waals surface area (Å²) in [5.74, 6) is -0.0379. The van der Waals surface area contributed by atoms with E-state index in [-0.39, 0.29) is 10.9 Å². The number of para-hydroxylation sites is 1. The summed E-state index contributed by atoms with van der Waals surface area (Å²) in [5, 5.41) is 1.18. The van der Waals surface area contributed by atoms with Gasteiger partial charge in [0, 0.05) is 40.1 Å². The molecule has 0 saturated heterocycles. The van der Waals surface area contributed by atoms with Crippen LogP contribution in [0.5, 0.6) is 0 Å². The zero-order valence-corrected chi connectivity index (χ0v) is 17.8. The fourth-order valence-corrected chi connectivity index (χ4v) is 4.69. The van der Waals surface area contributed by atoms with Crippen molar-refractivity contribution in [2.75, 3.05) is 6.26 Å². The number of aromatic amines is 1. The summed E-state index contributed by atoms with van der Waals surface area (Å²) in [7, 11) is -0.933. The molecule has 1 N–H and O–H groups in total. The van der Waals surface area contributed by atoms with Gasteiger partial charge in [-0.15, -0.1) is 0 Å². The lowest BCUT2D eigenvalue weighted by atomic mass is 9.84. The predicted octanol–water partition coefficient (Wildman–Crippen LogP) is 6.33. The van der Waals surface area contributed by atoms with Gasteiger partial charge in [0.1, 0.15) is 5.82 Å². The average molecular weight is 426 g/mol. The first-order chi connectivity index (χ1) is 13.9. The fourth-order valence-electron chi connectivity index (χ4n) is 3.82. The van der Waals surface area contributed by atoms with Crippen molar-refractivity contribution in [2.24, 2.45) is 0 Å². The van der Waals surface area contributed by atoms with Crippen LogP contribution in [0.15, 0.2) is 66.9 Å². The van der Waals surface area contributed by atoms with E-state index < -0.39 is 16.6 Å². The fraction of sp³-hybridized carbons (Fsp3) is 0.167. The van der Waals surface area contributed by atoms with Crippen molar-refractivity contribution in [3.63, 3.8) is 0 Å². The van der Waals surface area contributed by atoms with Gasteiger partial charge in [0.2, 0.25) is 0 Å². The smallest absolute Gasteiger partial charge is 0.141 e. The van der Waals surface area contributed by atoms with Gasteiger partial charge in [0.15, 0.2) is 0 Å². The number of benzene rings is 3. The number of nitrogens with one attached hydrogen (secondary N) is 1. The third-order valence-electron chi connectivity index (χ3n) is 5.19. The van der Waals surface area contributed by atoms with E-state index in [1.54, 1.807) is 18.4 Å². The van der Waals surface area contributed by atoms with Gasteiger partial charge in [-0.2, -0.15) is 0 Å². The molecule has 0 radical (unpaired) electrons. The zero-order valence-electron chi connectivity index (χ0n) is 16.2. The summed E-state index contributed by atoms with van der Waals surface area (Å²) < 4.78 is 25.6. The number of fused-ring (bicyclic) bond motifs is 1. The SMILES string of the molecule is Cc1ccc(C(c2ccc(F)c(Cl)c2)c2c[nH]c3c(CS(C)=O)cccc23)cc1. The molecule has 1 heterocycles. The molecule has 2 nitrogen and oxygen atoms in total. The molecule has 0 bridgehead atoms. The van der Waals surface area contributed by atoms with Crippen LogP contribution in [0.1, 0.15) is 33.7 Å². The second-order valence-electron chi connectivity index (χ2n) is 7.32. The Hall–Kier alpha value is -2.43. The number of halogens is 2. The molecule has 0 aliphatic carbocycles. The Morgan fingerprint density at radius 2 is 1.79 bits per heavy atom. The van der Waals surface area contributed by atoms with E-state index in [4.69, 9.17) is 11.6 Å². The molecule has 0 aliphatic rings. The molecule has 2 unspecified atom stereocenters. The van der Waals surface area contributed by atoms with Crippen molar-refractivity contribution in [2.45, 2.75) is 18.6 Å². The summed E-state index contributed by atoms with van der Waals surface area (Å²) >= 11 is 6.12. The number of hydrogen-bond donors (Lipinski definition) is 1. The summed E-state index contributed by atoms with van der Waals surface area (Å²) in [6.07, 6.45) is 3.70. The van der Waals surface area contributed by atoms with Crippen LogP contribution in [0.25, 0.3) is 10.9 Å². The van der Waals surface area contributed by atoms with Crippen molar-refractivity contribution in [3.05, 3.63) is 106 Å². The van der Waals surface area contributed by atoms with Crippen molar-refractivity contribution in [1.82, 2.24) is 4.98 Å². The molecule has 0 saturated carbocycles. The van der Waals surface area contributed by atoms with Crippen LogP contribution in [-0.2, 0) is 16.6 Å². The lowest BCUT2D eigenvalue weighted by Gasteiger charge is -2.19. The van der Waals surface area contributed by atoms with Crippen molar-refractivity contribution >= 4 is 33.3 Å². The van der Waals surface area contributed by atoms with E-state index >= 15 is 0 Å². The van der Waals surface area contributed by atoms with Gasteiger partial charge < -0.3 is 4.98 Å². The molecule has 0 aliphatic heterocycles. The van der Waals surface area contributed by atoms with E-state index in [0.29, 0.717) is 5.75 Å². The van der Waals surface area contributed by atoms with Crippen LogP contribution >= 0.6 is 11.6 Å². The molecule has 1 aromatic heterocycles. The van der Waals surface area contributed by atoms with E-state index in [0.717, 1.165) is 33.2 Å². The number of hydrogen-bond acceptors (Lipinski definition) is 1. The zero-order chi connectivity index (χ0) is 20.5. The Kier molecular flexibility index (Phi) is 5.57. The summed E-state index contributed by atoms with van der Waals surface area (Å²) in [4.78, 5) is 3.38. The molecule has 0 fully saturated rings. The first-order valence-electron chi connectivity index (χ1n) is 9.34. The van der Waals surface area contributed by atoms with Crippen LogP contribution in [0.3, 0.4) is 0 Å². The molecule has 3 aromatic carbocycles. The van der Waals surface area contributed by atoms with Gasteiger partial charge in [0.25, 0.3) is 0 Å². The Morgan fingerprint density at radius 3 is 2.48 bits per heavy atom. The highest BCUT2D eigenvalue weighted by Crippen LogP contribution is 2.38. The third kappa shape index (κ3) is 4.00. The second kappa shape index (κ2) is 8.13. The number of aryl methyl sites for hydroxylation is 1. The molecule has 0 spiro atoms. The van der Waals surface area contributed by atoms with E-state index in [1.165, 1.54) is 11.6 Å². The number of aromatic nitrogens is 1. The minimum absolute atomic E-state index is 0.107. The standard InChI is InChI=1S/C24H21ClFNOS/c1-15-6-8-16(9-7-15)23(17-10-11-22(26)21(25)12-17)20-13-27-24-18(14-29(2)28)4-3-5-19(20)24/h3-13,23,27H,14H2,1-2H3. The predicted molar refractivity (Wildman–Crippen MR) is 120 cm³/mol. The Balaban J connectivity index is 1.93. The van der Waals surface area contributed by atoms with E-state index in [9.17, 15) is 8.60 Å². The highest BCUT2D eigenvalue weighted by atomic mass is 35.5. The lowest BCUT2D eigenvalue weighted by molar-refractivity contribution is 0.627. The highest BCUT2D eigenvalue weighted by molar-refractivity contribution is 7.83. The van der Waals surface area contributed by atoms with E-state index in [1.807, 2.05) is 18.3 Å². The van der Waals surface area contributed by atoms with Crippen LogP contribution in [0.2, 0.25) is 5.02 Å². The van der Waals surface area contributed by atoms with Crippen molar-refractivity contribution in [1.29, 1.82) is 0 Å². The largest absolute Gasteiger partial charge is 0.361 e. The molecule has 2 atom stereocenters. The summed E-state index contributed by atoms with van der Waals surface area (Å²) in [6, 6.07) is 19.3. The van der Waals surface area contributed by atoms with Gasteiger partial charge in [0.05, 0.1) is 10.8 Å². The average Bonchev–Trinajstić information content (AvgIpc) is 3.11. The maximum atomic E-state index is 13.8. The molecule has 4 rings (SSSR count). The minimum Gasteiger partial charge on any atom is -0.361 e. The number of rotatable bonds is 5. The van der Waals surface area contributed by atoms with Crippen LogP contribution < -0.4 is 0 Å². The van der Waals surface area contributed by atoms with Crippen molar-refractivity contribution in [3.8, 4) is 0 Å². The Bertz CT molecular complexity index is 1200. The lowest BCUT2D eigenvalue weighted by Crippen LogP contribution is -2.03. The normalized spacial score (nSPS) is 13.5. The molecule has 0 amide bonds. The molecular formula is C24H21ClFNOS. The quantitative estimate of drug-likeness (QED) is 0.398. The number of H-pyrrole nitrogens is 1. The van der Waals surface area contributed by atoms with Crippen LogP contribution in [0, 0.1) is 12.7 Å². The molecule has 148 valence electrons. The Labute approximate surface area is 177 Å². The maximum absolute atomic E-state index is 13.8.